The summed E-state index contributed by atoms with van der Waals surface area (Å²) in [5, 5.41) is 1.43. The second-order valence-corrected chi connectivity index (χ2v) is 7.44. The molecule has 1 heterocycles. The minimum Gasteiger partial charge on any atom is -0.354 e. The summed E-state index contributed by atoms with van der Waals surface area (Å²) in [6.45, 7) is 0.497. The molecule has 0 unspecified atom stereocenters. The molecule has 0 bridgehead atoms. The van der Waals surface area contributed by atoms with E-state index in [2.05, 4.69) is 4.98 Å². The Morgan fingerprint density at radius 1 is 0.963 bits per heavy atom. The normalized spacial score (nSPS) is 12.1. The number of aryl methyl sites for hydroxylation is 1. The number of hydrogen-bond donors (Lipinski definition) is 2. The van der Waals surface area contributed by atoms with Gasteiger partial charge >= 0.3 is 6.18 Å². The third-order valence-corrected chi connectivity index (χ3v) is 5.27. The zero-order valence-corrected chi connectivity index (χ0v) is 16.3. The van der Waals surface area contributed by atoms with Crippen LogP contribution in [-0.4, -0.2) is 11.5 Å². The van der Waals surface area contributed by atoms with Crippen LogP contribution < -0.4 is 5.73 Å². The summed E-state index contributed by atoms with van der Waals surface area (Å²) in [4.78, 5) is 2.91. The molecule has 2 aromatic carbocycles. The summed E-state index contributed by atoms with van der Waals surface area (Å²) in [7, 11) is 0. The number of hydrogen-bond acceptors (Lipinski definition) is 1. The highest BCUT2D eigenvalue weighted by Gasteiger charge is 2.35. The average molecular weight is 436 g/mol. The standard InChI is InChI=1S/C19H16Cl3F3N2/c20-10-4-6-14(21)12(9-10)17-11(3-1-2-8-26)16-15(22)7-5-13(18(16)27-17)19(23,24)25/h4-7,9,27H,1-3,8,26H2. The molecule has 0 atom stereocenters. The van der Waals surface area contributed by atoms with Crippen molar-refractivity contribution >= 4 is 45.7 Å². The van der Waals surface area contributed by atoms with Crippen molar-refractivity contribution in [3.63, 3.8) is 0 Å². The van der Waals surface area contributed by atoms with Gasteiger partial charge in [-0.2, -0.15) is 13.2 Å². The lowest BCUT2D eigenvalue weighted by molar-refractivity contribution is -0.136. The third-order valence-electron chi connectivity index (χ3n) is 4.39. The molecule has 0 aliphatic heterocycles. The van der Waals surface area contributed by atoms with Gasteiger partial charge in [0.05, 0.1) is 21.8 Å². The van der Waals surface area contributed by atoms with Crippen molar-refractivity contribution in [2.45, 2.75) is 25.4 Å². The molecule has 1 aromatic heterocycles. The number of rotatable bonds is 5. The van der Waals surface area contributed by atoms with Crippen molar-refractivity contribution in [3.8, 4) is 11.3 Å². The Bertz CT molecular complexity index is 980. The van der Waals surface area contributed by atoms with Gasteiger partial charge in [0.15, 0.2) is 0 Å². The number of nitrogens with two attached hydrogens (primary N) is 1. The van der Waals surface area contributed by atoms with Gasteiger partial charge in [0.25, 0.3) is 0 Å². The van der Waals surface area contributed by atoms with Gasteiger partial charge in [-0.05, 0) is 61.7 Å². The molecule has 144 valence electrons. The lowest BCUT2D eigenvalue weighted by atomic mass is 9.99. The van der Waals surface area contributed by atoms with Gasteiger partial charge in [-0.15, -0.1) is 0 Å². The van der Waals surface area contributed by atoms with E-state index >= 15 is 0 Å². The van der Waals surface area contributed by atoms with Crippen molar-refractivity contribution in [3.05, 3.63) is 56.5 Å². The van der Waals surface area contributed by atoms with Crippen LogP contribution in [0.15, 0.2) is 30.3 Å². The minimum atomic E-state index is -4.52. The molecule has 3 rings (SSSR count). The molecule has 8 heteroatoms. The third kappa shape index (κ3) is 4.06. The molecular weight excluding hydrogens is 420 g/mol. The second-order valence-electron chi connectivity index (χ2n) is 6.19. The monoisotopic (exact) mass is 434 g/mol. The van der Waals surface area contributed by atoms with E-state index in [1.807, 2.05) is 0 Å². The summed E-state index contributed by atoms with van der Waals surface area (Å²) in [5.74, 6) is 0. The van der Waals surface area contributed by atoms with Crippen LogP contribution in [0, 0.1) is 0 Å². The number of unbranched alkanes of at least 4 members (excludes halogenated alkanes) is 1. The molecule has 3 N–H and O–H groups in total. The quantitative estimate of drug-likeness (QED) is 0.412. The van der Waals surface area contributed by atoms with Crippen molar-refractivity contribution in [1.29, 1.82) is 0 Å². The van der Waals surface area contributed by atoms with E-state index in [-0.39, 0.29) is 10.5 Å². The number of H-pyrrole nitrogens is 1. The van der Waals surface area contributed by atoms with Gasteiger partial charge in [0.1, 0.15) is 0 Å². The number of fused-ring (bicyclic) bond motifs is 1. The number of halogens is 6. The Balaban J connectivity index is 2.33. The first kappa shape index (κ1) is 20.3. The maximum absolute atomic E-state index is 13.5. The zero-order valence-electron chi connectivity index (χ0n) is 14.1. The predicted molar refractivity (Wildman–Crippen MR) is 106 cm³/mol. The van der Waals surface area contributed by atoms with E-state index < -0.39 is 11.7 Å². The zero-order chi connectivity index (χ0) is 19.8. The van der Waals surface area contributed by atoms with Gasteiger partial charge < -0.3 is 10.7 Å². The van der Waals surface area contributed by atoms with Crippen molar-refractivity contribution in [2.24, 2.45) is 5.73 Å². The molecule has 2 nitrogen and oxygen atoms in total. The Morgan fingerprint density at radius 3 is 2.33 bits per heavy atom. The smallest absolute Gasteiger partial charge is 0.354 e. The molecule has 0 amide bonds. The van der Waals surface area contributed by atoms with Gasteiger partial charge in [0.2, 0.25) is 0 Å². The van der Waals surface area contributed by atoms with Gasteiger partial charge in [-0.3, -0.25) is 0 Å². The molecule has 0 saturated heterocycles. The lowest BCUT2D eigenvalue weighted by Crippen LogP contribution is -2.05. The number of benzene rings is 2. The number of aromatic amines is 1. The topological polar surface area (TPSA) is 41.8 Å². The van der Waals surface area contributed by atoms with E-state index in [0.29, 0.717) is 51.6 Å². The Kier molecular flexibility index (Phi) is 5.96. The minimum absolute atomic E-state index is 0.0520. The van der Waals surface area contributed by atoms with Crippen LogP contribution in [0.3, 0.4) is 0 Å². The second kappa shape index (κ2) is 7.92. The fraction of sp³-hybridized carbons (Fsp3) is 0.263. The predicted octanol–water partition coefficient (Wildman–Crippen LogP) is 7.10. The van der Waals surface area contributed by atoms with Crippen LogP contribution in [0.2, 0.25) is 15.1 Å². The molecule has 0 saturated carbocycles. The van der Waals surface area contributed by atoms with Crippen LogP contribution >= 0.6 is 34.8 Å². The maximum atomic E-state index is 13.5. The van der Waals surface area contributed by atoms with Gasteiger partial charge in [0, 0.05) is 21.0 Å². The van der Waals surface area contributed by atoms with Crippen LogP contribution in [-0.2, 0) is 12.6 Å². The molecule has 0 aliphatic carbocycles. The summed E-state index contributed by atoms with van der Waals surface area (Å²) in [6, 6.07) is 7.12. The first-order valence-electron chi connectivity index (χ1n) is 8.29. The van der Waals surface area contributed by atoms with Gasteiger partial charge in [-0.1, -0.05) is 34.8 Å². The molecule has 0 fully saturated rings. The largest absolute Gasteiger partial charge is 0.418 e. The highest BCUT2D eigenvalue weighted by atomic mass is 35.5. The summed E-state index contributed by atoms with van der Waals surface area (Å²) >= 11 is 18.7. The highest BCUT2D eigenvalue weighted by Crippen LogP contribution is 2.43. The Hall–Kier alpha value is -1.40. The van der Waals surface area contributed by atoms with E-state index in [1.165, 1.54) is 6.07 Å². The van der Waals surface area contributed by atoms with Crippen molar-refractivity contribution in [2.75, 3.05) is 6.54 Å². The number of nitrogens with one attached hydrogen (secondary N) is 1. The van der Waals surface area contributed by atoms with Gasteiger partial charge in [-0.25, -0.2) is 0 Å². The average Bonchev–Trinajstić information content (AvgIpc) is 2.96. The molecule has 27 heavy (non-hydrogen) atoms. The number of alkyl halides is 3. The van der Waals surface area contributed by atoms with Crippen LogP contribution in [0.1, 0.15) is 24.0 Å². The lowest BCUT2D eigenvalue weighted by Gasteiger charge is -2.09. The fourth-order valence-electron chi connectivity index (χ4n) is 3.18. The first-order chi connectivity index (χ1) is 12.7. The van der Waals surface area contributed by atoms with Crippen molar-refractivity contribution < 1.29 is 13.2 Å². The SMILES string of the molecule is NCCCCc1c(-c2cc(Cl)ccc2Cl)[nH]c2c(C(F)(F)F)ccc(Cl)c12. The Labute approximate surface area is 169 Å². The van der Waals surface area contributed by atoms with E-state index in [9.17, 15) is 13.2 Å². The number of aromatic nitrogens is 1. The van der Waals surface area contributed by atoms with E-state index in [4.69, 9.17) is 40.5 Å². The summed E-state index contributed by atoms with van der Waals surface area (Å²) in [6.07, 6.45) is -2.55. The van der Waals surface area contributed by atoms with Crippen LogP contribution in [0.5, 0.6) is 0 Å². The highest BCUT2D eigenvalue weighted by molar-refractivity contribution is 6.37. The van der Waals surface area contributed by atoms with E-state index in [1.54, 1.807) is 18.2 Å². The first-order valence-corrected chi connectivity index (χ1v) is 9.43. The van der Waals surface area contributed by atoms with Crippen molar-refractivity contribution in [1.82, 2.24) is 4.98 Å². The van der Waals surface area contributed by atoms with Crippen LogP contribution in [0.25, 0.3) is 22.2 Å². The summed E-state index contributed by atoms with van der Waals surface area (Å²) in [5.41, 5.74) is 6.45. The molecule has 3 aromatic rings. The molecular formula is C19H16Cl3F3N2. The molecule has 0 spiro atoms. The summed E-state index contributed by atoms with van der Waals surface area (Å²) < 4.78 is 40.5. The molecule has 0 radical (unpaired) electrons. The maximum Gasteiger partial charge on any atom is 0.418 e. The van der Waals surface area contributed by atoms with Crippen LogP contribution in [0.4, 0.5) is 13.2 Å². The van der Waals surface area contributed by atoms with E-state index in [0.717, 1.165) is 12.5 Å². The Morgan fingerprint density at radius 2 is 1.67 bits per heavy atom. The fourth-order valence-corrected chi connectivity index (χ4v) is 3.83. The molecule has 0 aliphatic rings.